The van der Waals surface area contributed by atoms with Crippen LogP contribution in [0.4, 0.5) is 0 Å². The van der Waals surface area contributed by atoms with Crippen LogP contribution in [0, 0.1) is 19.3 Å². The molecule has 1 aromatic rings. The van der Waals surface area contributed by atoms with Crippen LogP contribution in [0.3, 0.4) is 0 Å². The highest BCUT2D eigenvalue weighted by molar-refractivity contribution is 5.24. The van der Waals surface area contributed by atoms with Crippen LogP contribution in [-0.2, 0) is 0 Å². The van der Waals surface area contributed by atoms with E-state index in [4.69, 9.17) is 4.42 Å². The highest BCUT2D eigenvalue weighted by Crippen LogP contribution is 2.28. The Morgan fingerprint density at radius 2 is 1.94 bits per heavy atom. The van der Waals surface area contributed by atoms with Gasteiger partial charge in [0, 0.05) is 11.6 Å². The molecule has 0 radical (unpaired) electrons. The van der Waals surface area contributed by atoms with Gasteiger partial charge in [0.1, 0.15) is 11.5 Å². The van der Waals surface area contributed by atoms with Crippen LogP contribution in [-0.4, -0.2) is 6.54 Å². The average Bonchev–Trinajstić information content (AvgIpc) is 2.55. The van der Waals surface area contributed by atoms with Crippen LogP contribution in [0.25, 0.3) is 0 Å². The summed E-state index contributed by atoms with van der Waals surface area (Å²) in [4.78, 5) is 0. The molecule has 1 unspecified atom stereocenters. The van der Waals surface area contributed by atoms with Crippen molar-refractivity contribution in [1.82, 2.24) is 5.32 Å². The molecule has 2 nitrogen and oxygen atoms in total. The first-order valence-corrected chi connectivity index (χ1v) is 7.14. The van der Waals surface area contributed by atoms with E-state index in [-0.39, 0.29) is 0 Å². The number of furan rings is 1. The van der Waals surface area contributed by atoms with Gasteiger partial charge in [0.15, 0.2) is 0 Å². The summed E-state index contributed by atoms with van der Waals surface area (Å²) >= 11 is 0. The second-order valence-corrected chi connectivity index (χ2v) is 6.43. The summed E-state index contributed by atoms with van der Waals surface area (Å²) in [6.45, 7) is 14.2. The van der Waals surface area contributed by atoms with E-state index in [1.54, 1.807) is 0 Å². The van der Waals surface area contributed by atoms with Gasteiger partial charge in [-0.3, -0.25) is 0 Å². The molecule has 0 saturated carbocycles. The molecular formula is C16H29NO. The lowest BCUT2D eigenvalue weighted by molar-refractivity contribution is 0.344. The van der Waals surface area contributed by atoms with Crippen molar-refractivity contribution >= 4 is 0 Å². The van der Waals surface area contributed by atoms with E-state index in [9.17, 15) is 0 Å². The highest BCUT2D eigenvalue weighted by Gasteiger charge is 2.17. The molecule has 1 aromatic heterocycles. The van der Waals surface area contributed by atoms with Crippen LogP contribution >= 0.6 is 0 Å². The second kappa shape index (κ2) is 6.42. The Labute approximate surface area is 112 Å². The topological polar surface area (TPSA) is 25.2 Å². The molecule has 1 N–H and O–H groups in total. The summed E-state index contributed by atoms with van der Waals surface area (Å²) in [7, 11) is 0. The fraction of sp³-hybridized carbons (Fsp3) is 0.750. The van der Waals surface area contributed by atoms with Crippen molar-refractivity contribution in [3.05, 3.63) is 23.2 Å². The van der Waals surface area contributed by atoms with E-state index < -0.39 is 0 Å². The first-order chi connectivity index (χ1) is 8.33. The van der Waals surface area contributed by atoms with Gasteiger partial charge in [-0.2, -0.15) is 0 Å². The molecule has 0 bridgehead atoms. The van der Waals surface area contributed by atoms with Crippen molar-refractivity contribution in [3.8, 4) is 0 Å². The van der Waals surface area contributed by atoms with E-state index in [2.05, 4.69) is 46.0 Å². The molecule has 0 aliphatic rings. The lowest BCUT2D eigenvalue weighted by atomic mass is 9.88. The maximum Gasteiger partial charge on any atom is 0.105 e. The Balaban J connectivity index is 2.63. The van der Waals surface area contributed by atoms with Crippen LogP contribution in [0.2, 0.25) is 0 Å². The molecule has 2 heteroatoms. The van der Waals surface area contributed by atoms with E-state index >= 15 is 0 Å². The van der Waals surface area contributed by atoms with Crippen molar-refractivity contribution < 1.29 is 4.42 Å². The van der Waals surface area contributed by atoms with Crippen molar-refractivity contribution in [1.29, 1.82) is 0 Å². The quantitative estimate of drug-likeness (QED) is 0.788. The average molecular weight is 251 g/mol. The van der Waals surface area contributed by atoms with Crippen LogP contribution in [0.1, 0.15) is 70.1 Å². The normalized spacial score (nSPS) is 13.9. The van der Waals surface area contributed by atoms with E-state index in [0.717, 1.165) is 18.1 Å². The fourth-order valence-electron chi connectivity index (χ4n) is 2.45. The number of rotatable bonds is 6. The van der Waals surface area contributed by atoms with Crippen LogP contribution in [0.15, 0.2) is 10.5 Å². The van der Waals surface area contributed by atoms with Gasteiger partial charge in [0.05, 0.1) is 0 Å². The third-order valence-corrected chi connectivity index (χ3v) is 3.32. The van der Waals surface area contributed by atoms with Crippen molar-refractivity contribution in [3.63, 3.8) is 0 Å². The first-order valence-electron chi connectivity index (χ1n) is 7.14. The molecule has 0 aliphatic heterocycles. The molecule has 0 spiro atoms. The zero-order valence-electron chi connectivity index (χ0n) is 12.9. The predicted octanol–water partition coefficient (Wildman–Crippen LogP) is 4.76. The van der Waals surface area contributed by atoms with Crippen LogP contribution in [0.5, 0.6) is 0 Å². The van der Waals surface area contributed by atoms with E-state index in [0.29, 0.717) is 11.5 Å². The van der Waals surface area contributed by atoms with Gasteiger partial charge in [-0.05, 0) is 44.7 Å². The van der Waals surface area contributed by atoms with Crippen LogP contribution < -0.4 is 5.32 Å². The summed E-state index contributed by atoms with van der Waals surface area (Å²) in [5.74, 6) is 2.08. The summed E-state index contributed by atoms with van der Waals surface area (Å²) in [5.41, 5.74) is 1.77. The Bertz CT molecular complexity index is 360. The maximum atomic E-state index is 5.65. The third kappa shape index (κ3) is 4.85. The second-order valence-electron chi connectivity index (χ2n) is 6.43. The van der Waals surface area contributed by atoms with E-state index in [1.807, 2.05) is 6.92 Å². The zero-order chi connectivity index (χ0) is 13.8. The van der Waals surface area contributed by atoms with Gasteiger partial charge in [-0.1, -0.05) is 34.1 Å². The molecular weight excluding hydrogens is 222 g/mol. The molecule has 1 rings (SSSR count). The Hall–Kier alpha value is -0.760. The standard InChI is InChI=1S/C16H29NO/c1-7-17-15(9-8-10-16(4,5)6)14-11-12(2)18-13(14)3/h11,15,17H,7-10H2,1-6H3. The number of nitrogens with one attached hydrogen (secondary N) is 1. The molecule has 104 valence electrons. The predicted molar refractivity (Wildman–Crippen MR) is 77.9 cm³/mol. The Morgan fingerprint density at radius 3 is 2.39 bits per heavy atom. The summed E-state index contributed by atoms with van der Waals surface area (Å²) in [6, 6.07) is 2.62. The highest BCUT2D eigenvalue weighted by atomic mass is 16.3. The minimum absolute atomic E-state index is 0.429. The lowest BCUT2D eigenvalue weighted by Crippen LogP contribution is -2.21. The van der Waals surface area contributed by atoms with Crippen molar-refractivity contribution in [2.24, 2.45) is 5.41 Å². The zero-order valence-corrected chi connectivity index (χ0v) is 12.9. The molecule has 0 aromatic carbocycles. The monoisotopic (exact) mass is 251 g/mol. The van der Waals surface area contributed by atoms with Gasteiger partial charge in [-0.25, -0.2) is 0 Å². The largest absolute Gasteiger partial charge is 0.466 e. The Morgan fingerprint density at radius 1 is 1.28 bits per heavy atom. The van der Waals surface area contributed by atoms with Gasteiger partial charge >= 0.3 is 0 Å². The van der Waals surface area contributed by atoms with Crippen molar-refractivity contribution in [2.75, 3.05) is 6.54 Å². The van der Waals surface area contributed by atoms with Gasteiger partial charge in [-0.15, -0.1) is 0 Å². The smallest absolute Gasteiger partial charge is 0.105 e. The minimum atomic E-state index is 0.429. The molecule has 1 atom stereocenters. The van der Waals surface area contributed by atoms with Gasteiger partial charge < -0.3 is 9.73 Å². The van der Waals surface area contributed by atoms with E-state index in [1.165, 1.54) is 24.8 Å². The number of hydrogen-bond acceptors (Lipinski definition) is 2. The molecule has 0 aliphatic carbocycles. The SMILES string of the molecule is CCNC(CCCC(C)(C)C)c1cc(C)oc1C. The number of hydrogen-bond donors (Lipinski definition) is 1. The maximum absolute atomic E-state index is 5.65. The van der Waals surface area contributed by atoms with Crippen molar-refractivity contribution in [2.45, 2.75) is 66.8 Å². The minimum Gasteiger partial charge on any atom is -0.466 e. The molecule has 0 amide bonds. The first kappa shape index (κ1) is 15.3. The third-order valence-electron chi connectivity index (χ3n) is 3.32. The molecule has 18 heavy (non-hydrogen) atoms. The summed E-state index contributed by atoms with van der Waals surface area (Å²) < 4.78 is 5.65. The number of aryl methyl sites for hydroxylation is 2. The van der Waals surface area contributed by atoms with Gasteiger partial charge in [0.25, 0.3) is 0 Å². The molecule has 0 fully saturated rings. The molecule has 0 saturated heterocycles. The summed E-state index contributed by atoms with van der Waals surface area (Å²) in [5, 5.41) is 3.58. The lowest BCUT2D eigenvalue weighted by Gasteiger charge is -2.21. The van der Waals surface area contributed by atoms with Gasteiger partial charge in [0.2, 0.25) is 0 Å². The molecule has 1 heterocycles. The Kier molecular flexibility index (Phi) is 5.46. The fourth-order valence-corrected chi connectivity index (χ4v) is 2.45. The summed E-state index contributed by atoms with van der Waals surface area (Å²) in [6.07, 6.45) is 3.71.